The number of rotatable bonds is 8. The van der Waals surface area contributed by atoms with Gasteiger partial charge in [0.15, 0.2) is 5.96 Å². The fourth-order valence-electron chi connectivity index (χ4n) is 3.97. The van der Waals surface area contributed by atoms with Gasteiger partial charge in [0.1, 0.15) is 0 Å². The maximum atomic E-state index is 5.78. The molecule has 2 aliphatic rings. The van der Waals surface area contributed by atoms with Crippen molar-refractivity contribution in [3.63, 3.8) is 0 Å². The van der Waals surface area contributed by atoms with Gasteiger partial charge in [-0.05, 0) is 43.6 Å². The maximum Gasteiger partial charge on any atom is 0.193 e. The first kappa shape index (κ1) is 23.4. The minimum absolute atomic E-state index is 0. The van der Waals surface area contributed by atoms with E-state index in [1.54, 1.807) is 0 Å². The largest absolute Gasteiger partial charge is 0.381 e. The fourth-order valence-corrected chi connectivity index (χ4v) is 3.97. The van der Waals surface area contributed by atoms with Gasteiger partial charge in [-0.15, -0.1) is 24.0 Å². The van der Waals surface area contributed by atoms with E-state index in [2.05, 4.69) is 45.5 Å². The molecule has 0 saturated carbocycles. The number of hydrogen-bond donors (Lipinski definition) is 1. The third kappa shape index (κ3) is 7.87. The smallest absolute Gasteiger partial charge is 0.193 e. The topological polar surface area (TPSA) is 46.1 Å². The molecule has 1 unspecified atom stereocenters. The molecule has 0 spiro atoms. The average molecular weight is 501 g/mol. The molecule has 158 valence electrons. The van der Waals surface area contributed by atoms with E-state index < -0.39 is 0 Å². The first-order valence-electron chi connectivity index (χ1n) is 10.5. The van der Waals surface area contributed by atoms with Crippen molar-refractivity contribution >= 4 is 29.9 Å². The van der Waals surface area contributed by atoms with Gasteiger partial charge in [0.2, 0.25) is 0 Å². The maximum absolute atomic E-state index is 5.78. The molecule has 5 nitrogen and oxygen atoms in total. The summed E-state index contributed by atoms with van der Waals surface area (Å²) in [4.78, 5) is 6.88. The summed E-state index contributed by atoms with van der Waals surface area (Å²) in [7, 11) is 1.88. The molecule has 2 saturated heterocycles. The van der Waals surface area contributed by atoms with Gasteiger partial charge in [-0.25, -0.2) is 0 Å². The van der Waals surface area contributed by atoms with Gasteiger partial charge < -0.3 is 19.7 Å². The summed E-state index contributed by atoms with van der Waals surface area (Å²) in [6.45, 7) is 6.50. The molecular weight excluding hydrogens is 465 g/mol. The Labute approximate surface area is 187 Å². The second kappa shape index (κ2) is 13.4. The Hall–Kier alpha value is -0.860. The number of halogens is 1. The standard InChI is InChI=1S/C22H35N3O2.HI/c1-23-22(24-11-5-14-26-17-21-10-15-27-18-21)25-12-8-20(9-13-25)16-19-6-3-2-4-7-19;/h2-4,6-7,20-21H,5,8-18H2,1H3,(H,23,24);1H. The number of guanidine groups is 1. The van der Waals surface area contributed by atoms with Gasteiger partial charge in [-0.2, -0.15) is 0 Å². The van der Waals surface area contributed by atoms with Crippen LogP contribution in [0.25, 0.3) is 0 Å². The zero-order valence-corrected chi connectivity index (χ0v) is 19.5. The summed E-state index contributed by atoms with van der Waals surface area (Å²) in [6.07, 6.45) is 5.83. The van der Waals surface area contributed by atoms with Crippen LogP contribution in [0.2, 0.25) is 0 Å². The second-order valence-electron chi connectivity index (χ2n) is 7.75. The quantitative estimate of drug-likeness (QED) is 0.256. The van der Waals surface area contributed by atoms with Gasteiger partial charge in [0.05, 0.1) is 13.2 Å². The molecule has 0 radical (unpaired) electrons. The monoisotopic (exact) mass is 501 g/mol. The predicted octanol–water partition coefficient (Wildman–Crippen LogP) is 3.58. The van der Waals surface area contributed by atoms with Crippen LogP contribution in [0.3, 0.4) is 0 Å². The van der Waals surface area contributed by atoms with Crippen molar-refractivity contribution in [3.8, 4) is 0 Å². The molecule has 1 atom stereocenters. The Kier molecular flexibility index (Phi) is 11.2. The van der Waals surface area contributed by atoms with E-state index in [1.807, 2.05) is 7.05 Å². The van der Waals surface area contributed by atoms with Crippen LogP contribution in [0, 0.1) is 11.8 Å². The first-order valence-corrected chi connectivity index (χ1v) is 10.5. The zero-order valence-electron chi connectivity index (χ0n) is 17.1. The van der Waals surface area contributed by atoms with E-state index >= 15 is 0 Å². The van der Waals surface area contributed by atoms with Crippen LogP contribution in [0.1, 0.15) is 31.2 Å². The summed E-state index contributed by atoms with van der Waals surface area (Å²) in [5.41, 5.74) is 1.46. The lowest BCUT2D eigenvalue weighted by molar-refractivity contribution is 0.0887. The molecule has 0 amide bonds. The molecular formula is C22H36IN3O2. The zero-order chi connectivity index (χ0) is 18.7. The van der Waals surface area contributed by atoms with E-state index in [0.29, 0.717) is 5.92 Å². The van der Waals surface area contributed by atoms with Gasteiger partial charge in [-0.1, -0.05) is 30.3 Å². The lowest BCUT2D eigenvalue weighted by atomic mass is 9.90. The van der Waals surface area contributed by atoms with Crippen molar-refractivity contribution in [2.45, 2.75) is 32.1 Å². The molecule has 2 aliphatic heterocycles. The summed E-state index contributed by atoms with van der Waals surface area (Å²) < 4.78 is 11.2. The van der Waals surface area contributed by atoms with E-state index in [4.69, 9.17) is 9.47 Å². The van der Waals surface area contributed by atoms with E-state index in [9.17, 15) is 0 Å². The highest BCUT2D eigenvalue weighted by atomic mass is 127. The van der Waals surface area contributed by atoms with Crippen LogP contribution in [0.4, 0.5) is 0 Å². The minimum atomic E-state index is 0. The van der Waals surface area contributed by atoms with Crippen molar-refractivity contribution in [1.82, 2.24) is 10.2 Å². The summed E-state index contributed by atoms with van der Waals surface area (Å²) in [6, 6.07) is 10.9. The molecule has 28 heavy (non-hydrogen) atoms. The van der Waals surface area contributed by atoms with Crippen molar-refractivity contribution in [2.75, 3.05) is 53.1 Å². The van der Waals surface area contributed by atoms with Crippen LogP contribution in [0.15, 0.2) is 35.3 Å². The molecule has 2 fully saturated rings. The molecule has 1 aromatic carbocycles. The minimum Gasteiger partial charge on any atom is -0.381 e. The number of ether oxygens (including phenoxy) is 2. The molecule has 0 aromatic heterocycles. The first-order chi connectivity index (χ1) is 13.3. The van der Waals surface area contributed by atoms with Crippen LogP contribution in [-0.4, -0.2) is 64.0 Å². The number of likely N-dealkylation sites (tertiary alicyclic amines) is 1. The van der Waals surface area contributed by atoms with Gasteiger partial charge >= 0.3 is 0 Å². The Morgan fingerprint density at radius 1 is 1.18 bits per heavy atom. The van der Waals surface area contributed by atoms with Crippen molar-refractivity contribution in [3.05, 3.63) is 35.9 Å². The third-order valence-corrected chi connectivity index (χ3v) is 5.62. The van der Waals surface area contributed by atoms with Crippen LogP contribution >= 0.6 is 24.0 Å². The third-order valence-electron chi connectivity index (χ3n) is 5.62. The van der Waals surface area contributed by atoms with Gasteiger partial charge in [0.25, 0.3) is 0 Å². The number of piperidine rings is 1. The summed E-state index contributed by atoms with van der Waals surface area (Å²) in [5.74, 6) is 2.43. The molecule has 0 bridgehead atoms. The summed E-state index contributed by atoms with van der Waals surface area (Å²) in [5, 5.41) is 3.50. The van der Waals surface area contributed by atoms with Crippen LogP contribution in [0.5, 0.6) is 0 Å². The van der Waals surface area contributed by atoms with Gasteiger partial charge in [-0.3, -0.25) is 4.99 Å². The second-order valence-corrected chi connectivity index (χ2v) is 7.75. The van der Waals surface area contributed by atoms with E-state index in [1.165, 1.54) is 24.8 Å². The molecule has 2 heterocycles. The fraction of sp³-hybridized carbons (Fsp3) is 0.682. The number of benzene rings is 1. The van der Waals surface area contributed by atoms with Crippen molar-refractivity contribution < 1.29 is 9.47 Å². The molecule has 3 rings (SSSR count). The number of nitrogens with zero attached hydrogens (tertiary/aromatic N) is 2. The van der Waals surface area contributed by atoms with Crippen molar-refractivity contribution in [2.24, 2.45) is 16.8 Å². The average Bonchev–Trinajstić information content (AvgIpc) is 3.23. The normalized spacial score (nSPS) is 20.8. The molecule has 6 heteroatoms. The van der Waals surface area contributed by atoms with E-state index in [-0.39, 0.29) is 24.0 Å². The van der Waals surface area contributed by atoms with E-state index in [0.717, 1.165) is 70.8 Å². The lowest BCUT2D eigenvalue weighted by Gasteiger charge is -2.34. The Balaban J connectivity index is 0.00000280. The van der Waals surface area contributed by atoms with Gasteiger partial charge in [0, 0.05) is 45.8 Å². The molecule has 1 N–H and O–H groups in total. The highest BCUT2D eigenvalue weighted by molar-refractivity contribution is 14.0. The highest BCUT2D eigenvalue weighted by Gasteiger charge is 2.21. The van der Waals surface area contributed by atoms with Crippen LogP contribution < -0.4 is 5.32 Å². The predicted molar refractivity (Wildman–Crippen MR) is 126 cm³/mol. The van der Waals surface area contributed by atoms with Crippen LogP contribution in [-0.2, 0) is 15.9 Å². The number of nitrogens with one attached hydrogen (secondary N) is 1. The molecule has 0 aliphatic carbocycles. The Bertz CT molecular complexity index is 556. The Morgan fingerprint density at radius 2 is 1.96 bits per heavy atom. The van der Waals surface area contributed by atoms with Crippen molar-refractivity contribution in [1.29, 1.82) is 0 Å². The highest BCUT2D eigenvalue weighted by Crippen LogP contribution is 2.21. The lowest BCUT2D eigenvalue weighted by Crippen LogP contribution is -2.46. The number of hydrogen-bond acceptors (Lipinski definition) is 3. The number of aliphatic imine (C=N–C) groups is 1. The Morgan fingerprint density at radius 3 is 2.64 bits per heavy atom. The molecule has 1 aromatic rings. The SMILES string of the molecule is CN=C(NCCCOCC1CCOC1)N1CCC(Cc2ccccc2)CC1.I. The summed E-state index contributed by atoms with van der Waals surface area (Å²) >= 11 is 0.